The van der Waals surface area contributed by atoms with Gasteiger partial charge in [-0.25, -0.2) is 17.6 Å². The maximum Gasteiger partial charge on any atom is 0.257 e. The van der Waals surface area contributed by atoms with E-state index in [4.69, 9.17) is 0 Å². The van der Waals surface area contributed by atoms with Gasteiger partial charge in [-0.1, -0.05) is 0 Å². The summed E-state index contributed by atoms with van der Waals surface area (Å²) in [5, 5.41) is 12.5. The van der Waals surface area contributed by atoms with E-state index in [0.717, 1.165) is 12.1 Å². The molecule has 0 saturated carbocycles. The van der Waals surface area contributed by atoms with E-state index in [2.05, 4.69) is 15.3 Å². The first-order valence-electron chi connectivity index (χ1n) is 10.4. The van der Waals surface area contributed by atoms with Crippen LogP contribution in [-0.2, 0) is 13.5 Å². The summed E-state index contributed by atoms with van der Waals surface area (Å²) in [5.41, 5.74) is 2.09. The number of halogens is 4. The van der Waals surface area contributed by atoms with Gasteiger partial charge in [0.25, 0.3) is 5.91 Å². The smallest absolute Gasteiger partial charge is 0.257 e. The standard InChI is InChI=1S/C23H18F4N6O/c1-12-21-15(22(31(2)30-21)13-9-18(25)20(27)19(26)10-13)5-8-32(12)23(34)16-11-14(3-4-17(16)24)33-28-6-7-29-33/h3-4,6-7,9-12H,5,8H2,1-2H3/t12-/m0/s1. The van der Waals surface area contributed by atoms with Crippen molar-refractivity contribution in [3.05, 3.63) is 82.8 Å². The zero-order valence-electron chi connectivity index (χ0n) is 18.1. The highest BCUT2D eigenvalue weighted by molar-refractivity contribution is 5.95. The average Bonchev–Trinajstić information content (AvgIpc) is 3.45. The summed E-state index contributed by atoms with van der Waals surface area (Å²) in [4.78, 5) is 16.1. The summed E-state index contributed by atoms with van der Waals surface area (Å²) in [6, 6.07) is 5.33. The maximum atomic E-state index is 14.6. The molecule has 1 amide bonds. The highest BCUT2D eigenvalue weighted by Crippen LogP contribution is 2.37. The van der Waals surface area contributed by atoms with Gasteiger partial charge < -0.3 is 4.90 Å². The third-order valence-electron chi connectivity index (χ3n) is 5.99. The lowest BCUT2D eigenvalue weighted by Crippen LogP contribution is -2.39. The van der Waals surface area contributed by atoms with Gasteiger partial charge in [0.2, 0.25) is 0 Å². The molecular weight excluding hydrogens is 452 g/mol. The molecule has 0 fully saturated rings. The number of hydrogen-bond donors (Lipinski definition) is 0. The molecular formula is C23H18F4N6O. The van der Waals surface area contributed by atoms with E-state index in [9.17, 15) is 22.4 Å². The summed E-state index contributed by atoms with van der Waals surface area (Å²) in [6.45, 7) is 1.97. The molecule has 2 aromatic carbocycles. The number of aryl methyl sites for hydroxylation is 1. The molecule has 3 heterocycles. The predicted octanol–water partition coefficient (Wildman–Crippen LogP) is 3.98. The molecule has 0 radical (unpaired) electrons. The van der Waals surface area contributed by atoms with Gasteiger partial charge in [0.05, 0.1) is 41.1 Å². The lowest BCUT2D eigenvalue weighted by atomic mass is 9.95. The molecule has 1 atom stereocenters. The van der Waals surface area contributed by atoms with Gasteiger partial charge in [0.15, 0.2) is 17.5 Å². The summed E-state index contributed by atoms with van der Waals surface area (Å²) >= 11 is 0. The number of nitrogens with zero attached hydrogens (tertiary/aromatic N) is 6. The van der Waals surface area contributed by atoms with Gasteiger partial charge in [-0.15, -0.1) is 0 Å². The Bertz CT molecular complexity index is 1390. The van der Waals surface area contributed by atoms with Gasteiger partial charge in [0, 0.05) is 24.7 Å². The van der Waals surface area contributed by atoms with Crippen LogP contribution in [0.4, 0.5) is 17.6 Å². The van der Waals surface area contributed by atoms with Crippen LogP contribution in [-0.4, -0.2) is 42.1 Å². The van der Waals surface area contributed by atoms with Gasteiger partial charge in [-0.3, -0.25) is 9.48 Å². The fourth-order valence-electron chi connectivity index (χ4n) is 4.38. The lowest BCUT2D eigenvalue weighted by Gasteiger charge is -2.33. The molecule has 5 rings (SSSR count). The average molecular weight is 470 g/mol. The Hall–Kier alpha value is -4.02. The van der Waals surface area contributed by atoms with Crippen molar-refractivity contribution >= 4 is 5.91 Å². The Morgan fingerprint density at radius 2 is 1.68 bits per heavy atom. The van der Waals surface area contributed by atoms with Crippen molar-refractivity contribution in [2.24, 2.45) is 7.05 Å². The molecule has 7 nitrogen and oxygen atoms in total. The van der Waals surface area contributed by atoms with E-state index < -0.39 is 35.2 Å². The van der Waals surface area contributed by atoms with E-state index in [0.29, 0.717) is 29.1 Å². The Morgan fingerprint density at radius 1 is 1.00 bits per heavy atom. The highest BCUT2D eigenvalue weighted by Gasteiger charge is 2.34. The summed E-state index contributed by atoms with van der Waals surface area (Å²) in [6.07, 6.45) is 3.25. The van der Waals surface area contributed by atoms with Crippen molar-refractivity contribution in [3.63, 3.8) is 0 Å². The number of amides is 1. The van der Waals surface area contributed by atoms with E-state index in [1.165, 1.54) is 45.0 Å². The zero-order chi connectivity index (χ0) is 24.1. The summed E-state index contributed by atoms with van der Waals surface area (Å²) in [7, 11) is 1.60. The first kappa shape index (κ1) is 21.8. The molecule has 1 aliphatic rings. The minimum atomic E-state index is -1.54. The second-order valence-electron chi connectivity index (χ2n) is 8.00. The van der Waals surface area contributed by atoms with Crippen LogP contribution in [0.3, 0.4) is 0 Å². The van der Waals surface area contributed by atoms with Crippen LogP contribution in [0.25, 0.3) is 16.9 Å². The van der Waals surface area contributed by atoms with Gasteiger partial charge >= 0.3 is 0 Å². The van der Waals surface area contributed by atoms with E-state index in [1.807, 2.05) is 0 Å². The molecule has 0 bridgehead atoms. The summed E-state index contributed by atoms with van der Waals surface area (Å²) in [5.74, 6) is -5.35. The van der Waals surface area contributed by atoms with Crippen molar-refractivity contribution in [1.82, 2.24) is 29.7 Å². The van der Waals surface area contributed by atoms with Gasteiger partial charge in [0.1, 0.15) is 5.82 Å². The number of carbonyl (C=O) groups is 1. The van der Waals surface area contributed by atoms with E-state index in [-0.39, 0.29) is 17.7 Å². The normalized spacial score (nSPS) is 15.5. The molecule has 0 unspecified atom stereocenters. The molecule has 0 aliphatic carbocycles. The molecule has 174 valence electrons. The number of aromatic nitrogens is 5. The Kier molecular flexibility index (Phi) is 5.18. The highest BCUT2D eigenvalue weighted by atomic mass is 19.2. The quantitative estimate of drug-likeness (QED) is 0.336. The van der Waals surface area contributed by atoms with Crippen LogP contribution >= 0.6 is 0 Å². The molecule has 2 aromatic heterocycles. The van der Waals surface area contributed by atoms with Crippen molar-refractivity contribution in [1.29, 1.82) is 0 Å². The number of hydrogen-bond acceptors (Lipinski definition) is 4. The zero-order valence-corrected chi connectivity index (χ0v) is 18.1. The topological polar surface area (TPSA) is 68.8 Å². The molecule has 0 saturated heterocycles. The largest absolute Gasteiger partial charge is 0.330 e. The third kappa shape index (κ3) is 3.44. The van der Waals surface area contributed by atoms with Crippen LogP contribution in [0.1, 0.15) is 34.6 Å². The molecule has 4 aromatic rings. The Morgan fingerprint density at radius 3 is 2.35 bits per heavy atom. The minimum absolute atomic E-state index is 0.135. The number of carbonyl (C=O) groups excluding carboxylic acids is 1. The molecule has 1 aliphatic heterocycles. The van der Waals surface area contributed by atoms with Gasteiger partial charge in [-0.05, 0) is 43.7 Å². The lowest BCUT2D eigenvalue weighted by molar-refractivity contribution is 0.0669. The second-order valence-corrected chi connectivity index (χ2v) is 8.00. The van der Waals surface area contributed by atoms with Gasteiger partial charge in [-0.2, -0.15) is 20.1 Å². The number of benzene rings is 2. The maximum absolute atomic E-state index is 14.6. The van der Waals surface area contributed by atoms with Crippen molar-refractivity contribution in [3.8, 4) is 16.9 Å². The Balaban J connectivity index is 1.50. The number of fused-ring (bicyclic) bond motifs is 1. The predicted molar refractivity (Wildman–Crippen MR) is 113 cm³/mol. The number of rotatable bonds is 3. The second kappa shape index (κ2) is 8.08. The first-order valence-corrected chi connectivity index (χ1v) is 10.4. The van der Waals surface area contributed by atoms with Crippen LogP contribution in [0.2, 0.25) is 0 Å². The first-order chi connectivity index (χ1) is 16.3. The molecule has 0 spiro atoms. The molecule has 0 N–H and O–H groups in total. The third-order valence-corrected chi connectivity index (χ3v) is 5.99. The SMILES string of the molecule is C[C@H]1c2nn(C)c(-c3cc(F)c(F)c(F)c3)c2CCN1C(=O)c1cc(-n2nccn2)ccc1F. The van der Waals surface area contributed by atoms with Crippen molar-refractivity contribution in [2.75, 3.05) is 6.54 Å². The molecule has 34 heavy (non-hydrogen) atoms. The van der Waals surface area contributed by atoms with Crippen LogP contribution in [0.5, 0.6) is 0 Å². The van der Waals surface area contributed by atoms with Crippen LogP contribution < -0.4 is 0 Å². The van der Waals surface area contributed by atoms with E-state index in [1.54, 1.807) is 14.0 Å². The summed E-state index contributed by atoms with van der Waals surface area (Å²) < 4.78 is 57.2. The van der Waals surface area contributed by atoms with E-state index >= 15 is 0 Å². The van der Waals surface area contributed by atoms with Crippen LogP contribution in [0, 0.1) is 23.3 Å². The van der Waals surface area contributed by atoms with Crippen molar-refractivity contribution < 1.29 is 22.4 Å². The monoisotopic (exact) mass is 470 g/mol. The molecule has 11 heteroatoms. The fourth-order valence-corrected chi connectivity index (χ4v) is 4.38. The minimum Gasteiger partial charge on any atom is -0.330 e. The van der Waals surface area contributed by atoms with Crippen molar-refractivity contribution in [2.45, 2.75) is 19.4 Å². The Labute approximate surface area is 191 Å². The van der Waals surface area contributed by atoms with Crippen LogP contribution in [0.15, 0.2) is 42.7 Å². The fraction of sp³-hybridized carbons (Fsp3) is 0.217.